The zero-order valence-corrected chi connectivity index (χ0v) is 13.5. The van der Waals surface area contributed by atoms with E-state index in [1.807, 2.05) is 30.0 Å². The van der Waals surface area contributed by atoms with Crippen LogP contribution >= 0.6 is 0 Å². The molecular formula is C18H24N2O2. The summed E-state index contributed by atoms with van der Waals surface area (Å²) in [5, 5.41) is 9.52. The van der Waals surface area contributed by atoms with Crippen LogP contribution in [0.5, 0.6) is 5.75 Å². The second-order valence-corrected chi connectivity index (χ2v) is 5.93. The molecule has 1 unspecified atom stereocenters. The van der Waals surface area contributed by atoms with Crippen LogP contribution in [0.4, 0.5) is 0 Å². The first-order chi connectivity index (χ1) is 10.7. The Hall–Kier alpha value is -2.02. The summed E-state index contributed by atoms with van der Waals surface area (Å²) < 4.78 is 5.35. The lowest BCUT2D eigenvalue weighted by molar-refractivity contribution is -0.131. The smallest absolute Gasteiger partial charge is 0.224 e. The number of ether oxygens (including phenoxy) is 1. The normalized spacial score (nSPS) is 16.5. The van der Waals surface area contributed by atoms with E-state index in [9.17, 15) is 10.1 Å². The summed E-state index contributed by atoms with van der Waals surface area (Å²) in [5.74, 6) is 0.309. The fourth-order valence-electron chi connectivity index (χ4n) is 2.98. The third-order valence-electron chi connectivity index (χ3n) is 4.25. The number of amides is 1. The lowest BCUT2D eigenvalue weighted by atomic mass is 9.94. The molecule has 1 amide bonds. The van der Waals surface area contributed by atoms with Gasteiger partial charge in [-0.1, -0.05) is 30.5 Å². The van der Waals surface area contributed by atoms with Crippen LogP contribution in [0.25, 0.3) is 0 Å². The minimum absolute atomic E-state index is 0.0806. The Morgan fingerprint density at radius 1 is 1.32 bits per heavy atom. The maximum absolute atomic E-state index is 12.5. The molecule has 0 bridgehead atoms. The van der Waals surface area contributed by atoms with Gasteiger partial charge in [-0.25, -0.2) is 0 Å². The molecule has 1 fully saturated rings. The van der Waals surface area contributed by atoms with Crippen LogP contribution < -0.4 is 4.74 Å². The molecule has 1 aromatic rings. The highest BCUT2D eigenvalue weighted by atomic mass is 16.5. The molecule has 0 saturated carbocycles. The van der Waals surface area contributed by atoms with Crippen molar-refractivity contribution >= 4 is 5.91 Å². The van der Waals surface area contributed by atoms with E-state index < -0.39 is 5.92 Å². The highest BCUT2D eigenvalue weighted by Gasteiger charge is 2.23. The zero-order valence-electron chi connectivity index (χ0n) is 13.5. The number of rotatable bonds is 4. The van der Waals surface area contributed by atoms with Gasteiger partial charge in [-0.2, -0.15) is 5.26 Å². The Labute approximate surface area is 132 Å². The highest BCUT2D eigenvalue weighted by molar-refractivity contribution is 5.78. The number of nitrogens with zero attached hydrogens (tertiary/aromatic N) is 2. The molecule has 1 aliphatic rings. The average Bonchev–Trinajstić information content (AvgIpc) is 2.81. The minimum Gasteiger partial charge on any atom is -0.496 e. The van der Waals surface area contributed by atoms with Crippen molar-refractivity contribution in [1.29, 1.82) is 5.26 Å². The molecular weight excluding hydrogens is 276 g/mol. The average molecular weight is 300 g/mol. The summed E-state index contributed by atoms with van der Waals surface area (Å²) in [7, 11) is 1.60. The number of aryl methyl sites for hydroxylation is 1. The molecule has 22 heavy (non-hydrogen) atoms. The van der Waals surface area contributed by atoms with Gasteiger partial charge >= 0.3 is 0 Å². The summed E-state index contributed by atoms with van der Waals surface area (Å²) >= 11 is 0. The molecule has 4 heteroatoms. The Bertz CT molecular complexity index is 555. The summed E-state index contributed by atoms with van der Waals surface area (Å²) in [6.07, 6.45) is 4.75. The van der Waals surface area contributed by atoms with Gasteiger partial charge < -0.3 is 9.64 Å². The molecule has 1 aliphatic heterocycles. The summed E-state index contributed by atoms with van der Waals surface area (Å²) in [5.41, 5.74) is 1.88. The van der Waals surface area contributed by atoms with E-state index >= 15 is 0 Å². The number of hydrogen-bond acceptors (Lipinski definition) is 3. The predicted molar refractivity (Wildman–Crippen MR) is 85.8 cm³/mol. The van der Waals surface area contributed by atoms with Crippen LogP contribution in [-0.2, 0) is 4.79 Å². The molecule has 1 atom stereocenters. The number of carbonyl (C=O) groups excluding carboxylic acids is 1. The number of hydrogen-bond donors (Lipinski definition) is 0. The van der Waals surface area contributed by atoms with Crippen LogP contribution in [0.1, 0.15) is 49.1 Å². The van der Waals surface area contributed by atoms with Crippen molar-refractivity contribution in [3.8, 4) is 11.8 Å². The van der Waals surface area contributed by atoms with Gasteiger partial charge in [0.05, 0.1) is 19.1 Å². The zero-order chi connectivity index (χ0) is 15.9. The molecule has 1 saturated heterocycles. The first kappa shape index (κ1) is 16.4. The first-order valence-corrected chi connectivity index (χ1v) is 7.97. The molecule has 118 valence electrons. The van der Waals surface area contributed by atoms with Gasteiger partial charge in [-0.05, 0) is 25.8 Å². The highest BCUT2D eigenvalue weighted by Crippen LogP contribution is 2.30. The Morgan fingerprint density at radius 2 is 2.00 bits per heavy atom. The molecule has 0 radical (unpaired) electrons. The number of likely N-dealkylation sites (tertiary alicyclic amines) is 1. The van der Waals surface area contributed by atoms with Crippen LogP contribution in [0, 0.1) is 18.3 Å². The molecule has 0 spiro atoms. The second kappa shape index (κ2) is 7.84. The van der Waals surface area contributed by atoms with Gasteiger partial charge in [0.25, 0.3) is 0 Å². The van der Waals surface area contributed by atoms with Crippen molar-refractivity contribution < 1.29 is 9.53 Å². The third kappa shape index (κ3) is 4.00. The fourth-order valence-corrected chi connectivity index (χ4v) is 2.98. The van der Waals surface area contributed by atoms with Crippen LogP contribution in [0.15, 0.2) is 18.2 Å². The van der Waals surface area contributed by atoms with Crippen molar-refractivity contribution in [1.82, 2.24) is 4.90 Å². The quantitative estimate of drug-likeness (QED) is 0.856. The van der Waals surface area contributed by atoms with E-state index in [1.165, 1.54) is 12.8 Å². The van der Waals surface area contributed by atoms with Crippen molar-refractivity contribution in [2.75, 3.05) is 20.2 Å². The largest absolute Gasteiger partial charge is 0.496 e. The molecule has 1 heterocycles. The lowest BCUT2D eigenvalue weighted by Gasteiger charge is -2.22. The van der Waals surface area contributed by atoms with Crippen molar-refractivity contribution in [2.45, 2.75) is 44.9 Å². The number of nitriles is 1. The summed E-state index contributed by atoms with van der Waals surface area (Å²) in [4.78, 5) is 14.4. The molecule has 0 aliphatic carbocycles. The van der Waals surface area contributed by atoms with E-state index in [2.05, 4.69) is 6.07 Å². The van der Waals surface area contributed by atoms with Gasteiger partial charge in [0.2, 0.25) is 5.91 Å². The Kier molecular flexibility index (Phi) is 5.83. The van der Waals surface area contributed by atoms with Crippen LogP contribution in [0.3, 0.4) is 0 Å². The summed E-state index contributed by atoms with van der Waals surface area (Å²) in [6.45, 7) is 3.62. The summed E-state index contributed by atoms with van der Waals surface area (Å²) in [6, 6.07) is 8.04. The van der Waals surface area contributed by atoms with Gasteiger partial charge in [-0.15, -0.1) is 0 Å². The number of carbonyl (C=O) groups is 1. The molecule has 1 aromatic carbocycles. The first-order valence-electron chi connectivity index (χ1n) is 7.97. The Balaban J connectivity index is 2.13. The predicted octanol–water partition coefficient (Wildman–Crippen LogP) is 3.40. The van der Waals surface area contributed by atoms with Crippen LogP contribution in [0.2, 0.25) is 0 Å². The van der Waals surface area contributed by atoms with E-state index in [0.717, 1.165) is 37.1 Å². The second-order valence-electron chi connectivity index (χ2n) is 5.93. The number of benzene rings is 1. The number of methoxy groups -OCH3 is 1. The maximum Gasteiger partial charge on any atom is 0.224 e. The lowest BCUT2D eigenvalue weighted by Crippen LogP contribution is -2.32. The van der Waals surface area contributed by atoms with Crippen molar-refractivity contribution in [2.24, 2.45) is 0 Å². The van der Waals surface area contributed by atoms with Gasteiger partial charge in [0.15, 0.2) is 0 Å². The maximum atomic E-state index is 12.5. The van der Waals surface area contributed by atoms with Crippen LogP contribution in [-0.4, -0.2) is 31.0 Å². The van der Waals surface area contributed by atoms with E-state index in [1.54, 1.807) is 7.11 Å². The topological polar surface area (TPSA) is 53.3 Å². The Morgan fingerprint density at radius 3 is 2.59 bits per heavy atom. The van der Waals surface area contributed by atoms with Gasteiger partial charge in [0, 0.05) is 25.1 Å². The monoisotopic (exact) mass is 300 g/mol. The SMILES string of the molecule is COc1ccc(C)cc1C(C#N)CC(=O)N1CCCCCC1. The van der Waals surface area contributed by atoms with E-state index in [-0.39, 0.29) is 12.3 Å². The molecule has 4 nitrogen and oxygen atoms in total. The standard InChI is InChI=1S/C18H24N2O2/c1-14-7-8-17(22-2)16(11-14)15(13-19)12-18(21)20-9-5-3-4-6-10-20/h7-8,11,15H,3-6,9-10,12H2,1-2H3. The third-order valence-corrected chi connectivity index (χ3v) is 4.25. The molecule has 0 N–H and O–H groups in total. The van der Waals surface area contributed by atoms with Crippen molar-refractivity contribution in [3.63, 3.8) is 0 Å². The minimum atomic E-state index is -0.453. The molecule has 2 rings (SSSR count). The van der Waals surface area contributed by atoms with E-state index in [0.29, 0.717) is 5.75 Å². The van der Waals surface area contributed by atoms with E-state index in [4.69, 9.17) is 4.74 Å². The van der Waals surface area contributed by atoms with Gasteiger partial charge in [0.1, 0.15) is 5.75 Å². The molecule has 0 aromatic heterocycles. The fraction of sp³-hybridized carbons (Fsp3) is 0.556. The van der Waals surface area contributed by atoms with Crippen molar-refractivity contribution in [3.05, 3.63) is 29.3 Å². The van der Waals surface area contributed by atoms with Gasteiger partial charge in [-0.3, -0.25) is 4.79 Å².